The van der Waals surface area contributed by atoms with E-state index < -0.39 is 6.10 Å². The lowest BCUT2D eigenvalue weighted by Crippen LogP contribution is -2.43. The van der Waals surface area contributed by atoms with Crippen molar-refractivity contribution in [2.24, 2.45) is 5.92 Å². The summed E-state index contributed by atoms with van der Waals surface area (Å²) >= 11 is 1.43. The van der Waals surface area contributed by atoms with Crippen LogP contribution in [0.1, 0.15) is 48.2 Å². The van der Waals surface area contributed by atoms with Crippen LogP contribution in [0.25, 0.3) is 0 Å². The molecule has 4 rings (SSSR count). The Labute approximate surface area is 180 Å². The second-order valence-corrected chi connectivity index (χ2v) is 9.04. The van der Waals surface area contributed by atoms with E-state index >= 15 is 0 Å². The van der Waals surface area contributed by atoms with Crippen LogP contribution in [0.3, 0.4) is 0 Å². The second kappa shape index (κ2) is 9.62. The second-order valence-electron chi connectivity index (χ2n) is 8.09. The van der Waals surface area contributed by atoms with Crippen molar-refractivity contribution in [1.29, 1.82) is 0 Å². The van der Waals surface area contributed by atoms with E-state index in [0.717, 1.165) is 43.4 Å². The van der Waals surface area contributed by atoms with Gasteiger partial charge in [-0.1, -0.05) is 12.5 Å². The van der Waals surface area contributed by atoms with E-state index in [0.29, 0.717) is 24.5 Å². The topological polar surface area (TPSA) is 78.9 Å². The minimum atomic E-state index is -0.413. The van der Waals surface area contributed by atoms with Gasteiger partial charge in [0.1, 0.15) is 11.9 Å². The largest absolute Gasteiger partial charge is 0.488 e. The number of amides is 2. The molecule has 2 amide bonds. The van der Waals surface area contributed by atoms with E-state index in [2.05, 4.69) is 5.32 Å². The van der Waals surface area contributed by atoms with Gasteiger partial charge in [0.25, 0.3) is 5.91 Å². The first-order chi connectivity index (χ1) is 14.6. The van der Waals surface area contributed by atoms with Gasteiger partial charge in [0.05, 0.1) is 16.9 Å². The fourth-order valence-corrected chi connectivity index (χ4v) is 4.87. The Morgan fingerprint density at radius 2 is 1.87 bits per heavy atom. The minimum Gasteiger partial charge on any atom is -0.488 e. The molecule has 2 aromatic rings. The molecule has 1 aromatic carbocycles. The molecule has 1 saturated carbocycles. The van der Waals surface area contributed by atoms with Gasteiger partial charge in [0.2, 0.25) is 5.91 Å². The van der Waals surface area contributed by atoms with Crippen LogP contribution >= 0.6 is 11.3 Å². The number of benzene rings is 1. The average Bonchev–Trinajstić information content (AvgIpc) is 3.31. The summed E-state index contributed by atoms with van der Waals surface area (Å²) < 4.78 is 5.91. The number of ether oxygens (including phenoxy) is 1. The highest BCUT2D eigenvalue weighted by Crippen LogP contribution is 2.26. The van der Waals surface area contributed by atoms with Gasteiger partial charge < -0.3 is 20.1 Å². The quantitative estimate of drug-likeness (QED) is 0.757. The molecule has 1 aliphatic heterocycles. The summed E-state index contributed by atoms with van der Waals surface area (Å²) in [5, 5.41) is 14.9. The van der Waals surface area contributed by atoms with Crippen LogP contribution in [0, 0.1) is 5.92 Å². The number of thiophene rings is 1. The molecule has 0 radical (unpaired) electrons. The molecule has 3 unspecified atom stereocenters. The van der Waals surface area contributed by atoms with Crippen molar-refractivity contribution in [2.45, 2.75) is 50.7 Å². The molecule has 160 valence electrons. The molecule has 3 atom stereocenters. The van der Waals surface area contributed by atoms with Crippen LogP contribution < -0.4 is 10.1 Å². The number of nitrogens with one attached hydrogen (secondary N) is 1. The summed E-state index contributed by atoms with van der Waals surface area (Å²) in [6.45, 7) is 1.14. The summed E-state index contributed by atoms with van der Waals surface area (Å²) in [5.41, 5.74) is 0.707. The molecule has 2 N–H and O–H groups in total. The number of likely N-dealkylation sites (tertiary alicyclic amines) is 1. The van der Waals surface area contributed by atoms with Crippen molar-refractivity contribution in [3.05, 3.63) is 46.7 Å². The van der Waals surface area contributed by atoms with Crippen molar-refractivity contribution in [3.63, 3.8) is 0 Å². The standard InChI is InChI=1S/C23H28N2O4S/c26-19-6-1-2-7-20(19)29-18-11-9-17(10-12-18)24-22(27)16-5-3-13-25(15-16)23(28)21-8-4-14-30-21/h4,8-12,14,16,19-20,26H,1-3,5-7,13,15H2,(H,24,27). The highest BCUT2D eigenvalue weighted by atomic mass is 32.1. The third-order valence-corrected chi connectivity index (χ3v) is 6.75. The van der Waals surface area contributed by atoms with Gasteiger partial charge in [-0.2, -0.15) is 0 Å². The molecule has 7 heteroatoms. The van der Waals surface area contributed by atoms with Gasteiger partial charge in [-0.05, 0) is 67.8 Å². The predicted octanol–water partition coefficient (Wildman–Crippen LogP) is 3.92. The van der Waals surface area contributed by atoms with Gasteiger partial charge in [0.15, 0.2) is 0 Å². The van der Waals surface area contributed by atoms with Crippen LogP contribution in [0.15, 0.2) is 41.8 Å². The van der Waals surface area contributed by atoms with E-state index in [1.807, 2.05) is 41.8 Å². The first-order valence-corrected chi connectivity index (χ1v) is 11.6. The number of carbonyl (C=O) groups excluding carboxylic acids is 2. The molecule has 6 nitrogen and oxygen atoms in total. The molecule has 1 saturated heterocycles. The number of rotatable bonds is 5. The monoisotopic (exact) mass is 428 g/mol. The smallest absolute Gasteiger partial charge is 0.263 e. The average molecular weight is 429 g/mol. The SMILES string of the molecule is O=C(Nc1ccc(OC2CCCCC2O)cc1)C1CCCN(C(=O)c2cccs2)C1. The van der Waals surface area contributed by atoms with Gasteiger partial charge >= 0.3 is 0 Å². The zero-order valence-electron chi connectivity index (χ0n) is 17.0. The highest BCUT2D eigenvalue weighted by Gasteiger charge is 2.29. The van der Waals surface area contributed by atoms with Gasteiger partial charge in [-0.25, -0.2) is 0 Å². The van der Waals surface area contributed by atoms with Crippen LogP contribution in [-0.2, 0) is 4.79 Å². The summed E-state index contributed by atoms with van der Waals surface area (Å²) in [6.07, 6.45) is 4.80. The third-order valence-electron chi connectivity index (χ3n) is 5.89. The summed E-state index contributed by atoms with van der Waals surface area (Å²) in [5.74, 6) is 0.435. The van der Waals surface area contributed by atoms with Crippen LogP contribution in [0.2, 0.25) is 0 Å². The third kappa shape index (κ3) is 5.02. The Balaban J connectivity index is 1.31. The van der Waals surface area contributed by atoms with E-state index in [9.17, 15) is 14.7 Å². The number of hydrogen-bond acceptors (Lipinski definition) is 5. The molecule has 30 heavy (non-hydrogen) atoms. The predicted molar refractivity (Wildman–Crippen MR) is 117 cm³/mol. The molecule has 2 aliphatic rings. The Morgan fingerprint density at radius 1 is 1.07 bits per heavy atom. The van der Waals surface area contributed by atoms with Crippen LogP contribution in [0.5, 0.6) is 5.75 Å². The molecule has 2 fully saturated rings. The molecule has 0 spiro atoms. The van der Waals surface area contributed by atoms with E-state index in [4.69, 9.17) is 4.74 Å². The van der Waals surface area contributed by atoms with Crippen molar-refractivity contribution in [1.82, 2.24) is 4.90 Å². The van der Waals surface area contributed by atoms with Crippen molar-refractivity contribution in [3.8, 4) is 5.75 Å². The molecule has 2 heterocycles. The molecular weight excluding hydrogens is 400 g/mol. The summed E-state index contributed by atoms with van der Waals surface area (Å²) in [7, 11) is 0. The van der Waals surface area contributed by atoms with E-state index in [-0.39, 0.29) is 23.8 Å². The normalized spacial score (nSPS) is 24.3. The Kier molecular flexibility index (Phi) is 6.69. The maximum atomic E-state index is 12.8. The van der Waals surface area contributed by atoms with Crippen LogP contribution in [-0.4, -0.2) is 47.1 Å². The van der Waals surface area contributed by atoms with Crippen molar-refractivity contribution >= 4 is 28.8 Å². The molecule has 0 bridgehead atoms. The molecule has 1 aliphatic carbocycles. The number of hydrogen-bond donors (Lipinski definition) is 2. The Morgan fingerprint density at radius 3 is 2.60 bits per heavy atom. The van der Waals surface area contributed by atoms with Crippen molar-refractivity contribution in [2.75, 3.05) is 18.4 Å². The zero-order valence-corrected chi connectivity index (χ0v) is 17.8. The van der Waals surface area contributed by atoms with E-state index in [1.165, 1.54) is 11.3 Å². The lowest BCUT2D eigenvalue weighted by Gasteiger charge is -2.31. The maximum Gasteiger partial charge on any atom is 0.263 e. The summed E-state index contributed by atoms with van der Waals surface area (Å²) in [4.78, 5) is 27.8. The zero-order chi connectivity index (χ0) is 20.9. The lowest BCUT2D eigenvalue weighted by atomic mass is 9.95. The van der Waals surface area contributed by atoms with Gasteiger partial charge in [-0.3, -0.25) is 9.59 Å². The van der Waals surface area contributed by atoms with Crippen LogP contribution in [0.4, 0.5) is 5.69 Å². The number of piperidine rings is 1. The Hall–Kier alpha value is -2.38. The van der Waals surface area contributed by atoms with E-state index in [1.54, 1.807) is 4.90 Å². The number of aliphatic hydroxyl groups excluding tert-OH is 1. The van der Waals surface area contributed by atoms with Gasteiger partial charge in [0, 0.05) is 18.8 Å². The number of nitrogens with zero attached hydrogens (tertiary/aromatic N) is 1. The number of anilines is 1. The number of carbonyl (C=O) groups is 2. The fourth-order valence-electron chi connectivity index (χ4n) is 4.18. The number of aliphatic hydroxyl groups is 1. The van der Waals surface area contributed by atoms with Gasteiger partial charge in [-0.15, -0.1) is 11.3 Å². The minimum absolute atomic E-state index is 0.00824. The maximum absolute atomic E-state index is 12.8. The Bertz CT molecular complexity index is 853. The molecular formula is C23H28N2O4S. The molecule has 1 aromatic heterocycles. The lowest BCUT2D eigenvalue weighted by molar-refractivity contribution is -0.121. The highest BCUT2D eigenvalue weighted by molar-refractivity contribution is 7.12. The van der Waals surface area contributed by atoms with Crippen molar-refractivity contribution < 1.29 is 19.4 Å². The fraction of sp³-hybridized carbons (Fsp3) is 0.478. The first-order valence-electron chi connectivity index (χ1n) is 10.7. The first kappa shape index (κ1) is 20.9. The summed E-state index contributed by atoms with van der Waals surface area (Å²) in [6, 6.07) is 11.0.